The summed E-state index contributed by atoms with van der Waals surface area (Å²) in [6, 6.07) is 9.12. The van der Waals surface area contributed by atoms with Gasteiger partial charge in [-0.25, -0.2) is 9.18 Å². The summed E-state index contributed by atoms with van der Waals surface area (Å²) < 4.78 is 13.0. The minimum atomic E-state index is -1.08. The third kappa shape index (κ3) is 2.36. The Morgan fingerprint density at radius 3 is 2.56 bits per heavy atom. The van der Waals surface area contributed by atoms with E-state index < -0.39 is 5.97 Å². The molecule has 4 heteroatoms. The second kappa shape index (κ2) is 4.78. The van der Waals surface area contributed by atoms with Gasteiger partial charge in [-0.05, 0) is 47.9 Å². The van der Waals surface area contributed by atoms with E-state index in [0.29, 0.717) is 5.56 Å². The predicted octanol–water partition coefficient (Wildman–Crippen LogP) is 4.15. The summed E-state index contributed by atoms with van der Waals surface area (Å²) in [5, 5.41) is 9.19. The van der Waals surface area contributed by atoms with Gasteiger partial charge in [0, 0.05) is 0 Å². The third-order valence-electron chi connectivity index (χ3n) is 2.70. The van der Waals surface area contributed by atoms with Crippen molar-refractivity contribution in [3.63, 3.8) is 0 Å². The van der Waals surface area contributed by atoms with Crippen molar-refractivity contribution >= 4 is 17.6 Å². The molecular formula is C14H10ClFO2. The number of aryl methyl sites for hydroxylation is 1. The Hall–Kier alpha value is -1.87. The molecule has 2 aromatic rings. The lowest BCUT2D eigenvalue weighted by Gasteiger charge is -2.08. The summed E-state index contributed by atoms with van der Waals surface area (Å²) in [5.74, 6) is -1.40. The van der Waals surface area contributed by atoms with Crippen LogP contribution >= 0.6 is 11.6 Å². The zero-order valence-electron chi connectivity index (χ0n) is 9.58. The van der Waals surface area contributed by atoms with Gasteiger partial charge >= 0.3 is 5.97 Å². The van der Waals surface area contributed by atoms with Crippen molar-refractivity contribution in [3.05, 3.63) is 58.4 Å². The Balaban J connectivity index is 2.58. The van der Waals surface area contributed by atoms with Gasteiger partial charge < -0.3 is 5.11 Å². The normalized spacial score (nSPS) is 10.4. The molecule has 0 amide bonds. The van der Waals surface area contributed by atoms with Gasteiger partial charge in [0.05, 0.1) is 10.6 Å². The van der Waals surface area contributed by atoms with Crippen LogP contribution in [0.3, 0.4) is 0 Å². The lowest BCUT2D eigenvalue weighted by atomic mass is 9.99. The molecule has 2 aromatic carbocycles. The van der Waals surface area contributed by atoms with Gasteiger partial charge in [0.1, 0.15) is 5.82 Å². The van der Waals surface area contributed by atoms with E-state index in [1.807, 2.05) is 0 Å². The van der Waals surface area contributed by atoms with E-state index >= 15 is 0 Å². The second-order valence-corrected chi connectivity index (χ2v) is 4.37. The van der Waals surface area contributed by atoms with Crippen molar-refractivity contribution in [2.75, 3.05) is 0 Å². The van der Waals surface area contributed by atoms with Crippen LogP contribution in [0.15, 0.2) is 36.4 Å². The highest BCUT2D eigenvalue weighted by Gasteiger charge is 2.11. The van der Waals surface area contributed by atoms with Crippen LogP contribution in [-0.2, 0) is 0 Å². The van der Waals surface area contributed by atoms with E-state index in [0.717, 1.165) is 11.1 Å². The van der Waals surface area contributed by atoms with Crippen molar-refractivity contribution in [1.82, 2.24) is 0 Å². The smallest absolute Gasteiger partial charge is 0.337 e. The highest BCUT2D eigenvalue weighted by atomic mass is 35.5. The molecule has 1 N–H and O–H groups in total. The van der Waals surface area contributed by atoms with Crippen LogP contribution in [0.4, 0.5) is 4.39 Å². The largest absolute Gasteiger partial charge is 0.478 e. The van der Waals surface area contributed by atoms with Gasteiger partial charge in [0.2, 0.25) is 0 Å². The molecule has 0 saturated carbocycles. The summed E-state index contributed by atoms with van der Waals surface area (Å²) >= 11 is 5.80. The molecule has 0 saturated heterocycles. The first-order valence-corrected chi connectivity index (χ1v) is 5.66. The quantitative estimate of drug-likeness (QED) is 0.885. The van der Waals surface area contributed by atoms with Gasteiger partial charge in [-0.15, -0.1) is 0 Å². The minimum absolute atomic E-state index is 0.0397. The molecule has 92 valence electrons. The molecule has 0 radical (unpaired) electrons. The van der Waals surface area contributed by atoms with Crippen LogP contribution in [0.1, 0.15) is 15.9 Å². The molecule has 0 aromatic heterocycles. The monoisotopic (exact) mass is 264 g/mol. The molecule has 18 heavy (non-hydrogen) atoms. The number of carboxylic acid groups (broad SMARTS) is 1. The van der Waals surface area contributed by atoms with Crippen LogP contribution in [-0.4, -0.2) is 11.1 Å². The van der Waals surface area contributed by atoms with Crippen LogP contribution in [0.25, 0.3) is 11.1 Å². The molecule has 0 aliphatic carbocycles. The van der Waals surface area contributed by atoms with Gasteiger partial charge in [-0.1, -0.05) is 23.7 Å². The number of carbonyl (C=O) groups is 1. The fourth-order valence-corrected chi connectivity index (χ4v) is 2.01. The Morgan fingerprint density at radius 1 is 1.22 bits per heavy atom. The molecule has 2 rings (SSSR count). The zero-order chi connectivity index (χ0) is 13.3. The number of benzene rings is 2. The number of hydrogen-bond donors (Lipinski definition) is 1. The van der Waals surface area contributed by atoms with E-state index in [2.05, 4.69) is 0 Å². The molecule has 0 aliphatic heterocycles. The summed E-state index contributed by atoms with van der Waals surface area (Å²) in [6.45, 7) is 1.77. The summed E-state index contributed by atoms with van der Waals surface area (Å²) in [4.78, 5) is 11.0. The first-order chi connectivity index (χ1) is 8.49. The molecule has 0 bridgehead atoms. The summed E-state index contributed by atoms with van der Waals surface area (Å²) in [5.41, 5.74) is 2.27. The van der Waals surface area contributed by atoms with Crippen LogP contribution in [0.2, 0.25) is 5.02 Å². The molecule has 0 fully saturated rings. The van der Waals surface area contributed by atoms with Crippen molar-refractivity contribution < 1.29 is 14.3 Å². The average Bonchev–Trinajstić information content (AvgIpc) is 2.30. The molecule has 0 spiro atoms. The first kappa shape index (κ1) is 12.6. The highest BCUT2D eigenvalue weighted by molar-refractivity contribution is 6.33. The van der Waals surface area contributed by atoms with Gasteiger partial charge in [0.25, 0.3) is 0 Å². The summed E-state index contributed by atoms with van der Waals surface area (Å²) in [6.07, 6.45) is 0. The van der Waals surface area contributed by atoms with Crippen molar-refractivity contribution in [2.24, 2.45) is 0 Å². The number of rotatable bonds is 2. The fourth-order valence-electron chi connectivity index (χ4n) is 1.81. The van der Waals surface area contributed by atoms with Crippen molar-refractivity contribution in [2.45, 2.75) is 6.92 Å². The minimum Gasteiger partial charge on any atom is -0.478 e. The summed E-state index contributed by atoms with van der Waals surface area (Å²) in [7, 11) is 0. The van der Waals surface area contributed by atoms with E-state index in [-0.39, 0.29) is 16.4 Å². The first-order valence-electron chi connectivity index (χ1n) is 5.28. The SMILES string of the molecule is Cc1cc(F)ccc1-c1ccc(Cl)c(C(=O)O)c1. The topological polar surface area (TPSA) is 37.3 Å². The fraction of sp³-hybridized carbons (Fsp3) is 0.0714. The molecule has 2 nitrogen and oxygen atoms in total. The van der Waals surface area contributed by atoms with E-state index in [9.17, 15) is 9.18 Å². The van der Waals surface area contributed by atoms with Crippen LogP contribution < -0.4 is 0 Å². The Morgan fingerprint density at radius 2 is 1.94 bits per heavy atom. The lowest BCUT2D eigenvalue weighted by molar-refractivity contribution is 0.0697. The van der Waals surface area contributed by atoms with Crippen LogP contribution in [0.5, 0.6) is 0 Å². The predicted molar refractivity (Wildman–Crippen MR) is 68.5 cm³/mol. The second-order valence-electron chi connectivity index (χ2n) is 3.96. The maximum atomic E-state index is 13.0. The van der Waals surface area contributed by atoms with Crippen molar-refractivity contribution in [1.29, 1.82) is 0 Å². The third-order valence-corrected chi connectivity index (χ3v) is 3.03. The number of hydrogen-bond acceptors (Lipinski definition) is 1. The number of aromatic carboxylic acids is 1. The van der Waals surface area contributed by atoms with Crippen molar-refractivity contribution in [3.8, 4) is 11.1 Å². The number of halogens is 2. The molecular weight excluding hydrogens is 255 g/mol. The Kier molecular flexibility index (Phi) is 3.34. The average molecular weight is 265 g/mol. The van der Waals surface area contributed by atoms with E-state index in [1.165, 1.54) is 24.3 Å². The molecule has 0 unspecified atom stereocenters. The van der Waals surface area contributed by atoms with Gasteiger partial charge in [-0.2, -0.15) is 0 Å². The highest BCUT2D eigenvalue weighted by Crippen LogP contribution is 2.28. The maximum absolute atomic E-state index is 13.0. The van der Waals surface area contributed by atoms with E-state index in [4.69, 9.17) is 16.7 Å². The lowest BCUT2D eigenvalue weighted by Crippen LogP contribution is -1.98. The maximum Gasteiger partial charge on any atom is 0.337 e. The Labute approximate surface area is 109 Å². The van der Waals surface area contributed by atoms with Crippen LogP contribution in [0, 0.1) is 12.7 Å². The zero-order valence-corrected chi connectivity index (χ0v) is 10.3. The Bertz CT molecular complexity index is 623. The molecule has 0 aliphatic rings. The molecule has 0 heterocycles. The molecule has 0 atom stereocenters. The standard InChI is InChI=1S/C14H10ClFO2/c1-8-6-10(16)3-4-11(8)9-2-5-13(15)12(7-9)14(17)18/h2-7H,1H3,(H,17,18). The van der Waals surface area contributed by atoms with Gasteiger partial charge in [0.15, 0.2) is 0 Å². The number of carboxylic acids is 1. The van der Waals surface area contributed by atoms with Gasteiger partial charge in [-0.3, -0.25) is 0 Å². The van der Waals surface area contributed by atoms with E-state index in [1.54, 1.807) is 19.1 Å².